The van der Waals surface area contributed by atoms with Crippen molar-refractivity contribution in [1.29, 1.82) is 0 Å². The van der Waals surface area contributed by atoms with Gasteiger partial charge in [0.2, 0.25) is 5.95 Å². The number of nitrogens with one attached hydrogen (secondary N) is 1. The highest BCUT2D eigenvalue weighted by molar-refractivity contribution is 5.99. The van der Waals surface area contributed by atoms with E-state index in [1.54, 1.807) is 40.6 Å². The largest absolute Gasteiger partial charge is 0.371 e. The van der Waals surface area contributed by atoms with Gasteiger partial charge in [0.25, 0.3) is 11.5 Å². The lowest BCUT2D eigenvalue weighted by atomic mass is 10.0. The minimum absolute atomic E-state index is 0.000746. The molecule has 4 aromatic rings. The molecule has 0 bridgehead atoms. The van der Waals surface area contributed by atoms with Crippen molar-refractivity contribution in [2.24, 2.45) is 0 Å². The molecular formula is C29H33N7O3. The Morgan fingerprint density at radius 1 is 1.08 bits per heavy atom. The summed E-state index contributed by atoms with van der Waals surface area (Å²) in [5, 5.41) is 3.77. The number of pyridine rings is 2. The highest BCUT2D eigenvalue weighted by Crippen LogP contribution is 2.32. The number of Topliss-reactive ketones (excluding diaryl/α,β-unsaturated/α-hetero) is 1. The van der Waals surface area contributed by atoms with Crippen LogP contribution in [-0.2, 0) is 0 Å². The van der Waals surface area contributed by atoms with Gasteiger partial charge < -0.3 is 10.2 Å². The maximum atomic E-state index is 13.4. The van der Waals surface area contributed by atoms with Crippen molar-refractivity contribution in [1.82, 2.24) is 24.1 Å². The third-order valence-corrected chi connectivity index (χ3v) is 7.54. The van der Waals surface area contributed by atoms with E-state index < -0.39 is 0 Å². The van der Waals surface area contributed by atoms with Gasteiger partial charge in [0.15, 0.2) is 5.78 Å². The molecule has 1 saturated carbocycles. The van der Waals surface area contributed by atoms with Crippen LogP contribution < -0.4 is 15.8 Å². The summed E-state index contributed by atoms with van der Waals surface area (Å²) in [5.41, 5.74) is 2.46. The molecule has 4 aromatic heterocycles. The lowest BCUT2D eigenvalue weighted by Gasteiger charge is -2.19. The summed E-state index contributed by atoms with van der Waals surface area (Å²) in [7, 11) is 0. The van der Waals surface area contributed by atoms with E-state index in [1.165, 1.54) is 13.1 Å². The van der Waals surface area contributed by atoms with E-state index in [0.29, 0.717) is 28.0 Å². The van der Waals surface area contributed by atoms with Crippen LogP contribution in [0.5, 0.6) is 0 Å². The molecule has 10 heteroatoms. The van der Waals surface area contributed by atoms with E-state index in [2.05, 4.69) is 34.0 Å². The van der Waals surface area contributed by atoms with Crippen molar-refractivity contribution in [3.63, 3.8) is 0 Å². The first kappa shape index (κ1) is 26.3. The first-order valence-electron chi connectivity index (χ1n) is 13.5. The smallest absolute Gasteiger partial charge is 0.263 e. The molecular weight excluding hydrogens is 494 g/mol. The molecule has 0 amide bonds. The number of rotatable bonds is 8. The zero-order valence-electron chi connectivity index (χ0n) is 22.8. The van der Waals surface area contributed by atoms with Crippen LogP contribution >= 0.6 is 0 Å². The normalized spacial score (nSPS) is 13.6. The van der Waals surface area contributed by atoms with Crippen LogP contribution in [0, 0.1) is 6.92 Å². The fraction of sp³-hybridized carbons (Fsp3) is 0.379. The Labute approximate surface area is 226 Å². The number of fused-ring (bicyclic) bond motifs is 1. The molecule has 1 aliphatic rings. The summed E-state index contributed by atoms with van der Waals surface area (Å²) in [6.45, 7) is 9.07. The van der Waals surface area contributed by atoms with Crippen molar-refractivity contribution in [2.75, 3.05) is 23.3 Å². The number of hydrogen-bond acceptors (Lipinski definition) is 8. The Morgan fingerprint density at radius 2 is 1.82 bits per heavy atom. The molecule has 10 nitrogen and oxygen atoms in total. The molecule has 202 valence electrons. The molecule has 0 spiro atoms. The van der Waals surface area contributed by atoms with Crippen LogP contribution in [0.2, 0.25) is 0 Å². The fourth-order valence-corrected chi connectivity index (χ4v) is 5.45. The Morgan fingerprint density at radius 3 is 2.46 bits per heavy atom. The molecule has 0 aliphatic heterocycles. The summed E-state index contributed by atoms with van der Waals surface area (Å²) >= 11 is 0. The second-order valence-corrected chi connectivity index (χ2v) is 9.91. The van der Waals surface area contributed by atoms with Gasteiger partial charge in [-0.25, -0.2) is 9.97 Å². The predicted octanol–water partition coefficient (Wildman–Crippen LogP) is 4.89. The minimum atomic E-state index is -0.292. The SMILES string of the molecule is CCN(CC)c1ccn(C(=O)c2ccc(Nc3ncc4c(C)c(C(C)=O)c(=O)n(C5CCCC5)c4n3)nc2)c1. The maximum Gasteiger partial charge on any atom is 0.263 e. The van der Waals surface area contributed by atoms with Crippen molar-refractivity contribution in [3.05, 3.63) is 70.0 Å². The molecule has 4 heterocycles. The zero-order chi connectivity index (χ0) is 27.7. The van der Waals surface area contributed by atoms with E-state index in [9.17, 15) is 14.4 Å². The Bertz CT molecular complexity index is 1590. The zero-order valence-corrected chi connectivity index (χ0v) is 22.8. The molecule has 0 saturated heterocycles. The van der Waals surface area contributed by atoms with Crippen LogP contribution in [0.25, 0.3) is 11.0 Å². The Kier molecular flexibility index (Phi) is 7.28. The molecule has 0 unspecified atom stereocenters. The number of anilines is 3. The average molecular weight is 528 g/mol. The number of hydrogen-bond donors (Lipinski definition) is 1. The molecule has 1 N–H and O–H groups in total. The van der Waals surface area contributed by atoms with Gasteiger partial charge in [0.1, 0.15) is 11.5 Å². The predicted molar refractivity (Wildman–Crippen MR) is 151 cm³/mol. The monoisotopic (exact) mass is 527 g/mol. The first-order valence-corrected chi connectivity index (χ1v) is 13.5. The highest BCUT2D eigenvalue weighted by Gasteiger charge is 2.26. The third kappa shape index (κ3) is 4.94. The number of carbonyl (C=O) groups excluding carboxylic acids is 2. The topological polar surface area (TPSA) is 115 Å². The molecule has 39 heavy (non-hydrogen) atoms. The van der Waals surface area contributed by atoms with Crippen LogP contribution in [0.4, 0.5) is 17.5 Å². The van der Waals surface area contributed by atoms with Crippen LogP contribution in [0.3, 0.4) is 0 Å². The summed E-state index contributed by atoms with van der Waals surface area (Å²) in [5.74, 6) is 0.321. The van der Waals surface area contributed by atoms with E-state index in [-0.39, 0.29) is 34.8 Å². The van der Waals surface area contributed by atoms with Gasteiger partial charge in [-0.15, -0.1) is 0 Å². The van der Waals surface area contributed by atoms with Crippen molar-refractivity contribution in [2.45, 2.75) is 59.4 Å². The number of nitrogens with zero attached hydrogens (tertiary/aromatic N) is 6. The number of aromatic nitrogens is 5. The summed E-state index contributed by atoms with van der Waals surface area (Å²) in [6.07, 6.45) is 10.6. The summed E-state index contributed by atoms with van der Waals surface area (Å²) in [6, 6.07) is 5.33. The Hall–Kier alpha value is -4.34. The van der Waals surface area contributed by atoms with Gasteiger partial charge in [0.05, 0.1) is 16.8 Å². The molecule has 0 atom stereocenters. The first-order chi connectivity index (χ1) is 18.8. The second-order valence-electron chi connectivity index (χ2n) is 9.91. The molecule has 1 fully saturated rings. The highest BCUT2D eigenvalue weighted by atomic mass is 16.2. The van der Waals surface area contributed by atoms with Gasteiger partial charge >= 0.3 is 0 Å². The van der Waals surface area contributed by atoms with Crippen molar-refractivity contribution < 1.29 is 9.59 Å². The van der Waals surface area contributed by atoms with E-state index in [0.717, 1.165) is 44.5 Å². The molecule has 0 radical (unpaired) electrons. The maximum absolute atomic E-state index is 13.4. The average Bonchev–Trinajstić information content (AvgIpc) is 3.63. The summed E-state index contributed by atoms with van der Waals surface area (Å²) < 4.78 is 3.24. The third-order valence-electron chi connectivity index (χ3n) is 7.54. The Balaban J connectivity index is 1.43. The number of ketones is 1. The van der Waals surface area contributed by atoms with E-state index in [4.69, 9.17) is 4.98 Å². The number of aryl methyl sites for hydroxylation is 1. The van der Waals surface area contributed by atoms with Gasteiger partial charge in [0, 0.05) is 49.3 Å². The van der Waals surface area contributed by atoms with Gasteiger partial charge in [-0.05, 0) is 64.3 Å². The van der Waals surface area contributed by atoms with E-state index >= 15 is 0 Å². The van der Waals surface area contributed by atoms with Gasteiger partial charge in [-0.3, -0.25) is 23.5 Å². The lowest BCUT2D eigenvalue weighted by Crippen LogP contribution is -2.30. The second kappa shape index (κ2) is 10.8. The molecule has 5 rings (SSSR count). The van der Waals surface area contributed by atoms with Crippen molar-refractivity contribution in [3.8, 4) is 0 Å². The van der Waals surface area contributed by atoms with Crippen LogP contribution in [0.15, 0.2) is 47.8 Å². The minimum Gasteiger partial charge on any atom is -0.371 e. The fourth-order valence-electron chi connectivity index (χ4n) is 5.45. The standard InChI is InChI=1S/C29H33N7O3/c1-5-34(6-2)22-13-14-35(17-22)27(38)20-11-12-24(30-15-20)32-29-31-16-23-18(3)25(19(4)37)28(39)36(26(23)33-29)21-9-7-8-10-21/h11-17,21H,5-10H2,1-4H3,(H,30,31,32,33). The molecule has 1 aliphatic carbocycles. The van der Waals surface area contributed by atoms with E-state index in [1.807, 2.05) is 12.3 Å². The van der Waals surface area contributed by atoms with Crippen molar-refractivity contribution >= 4 is 40.2 Å². The van der Waals surface area contributed by atoms with Gasteiger partial charge in [-0.2, -0.15) is 4.98 Å². The van der Waals surface area contributed by atoms with Crippen LogP contribution in [0.1, 0.15) is 78.8 Å². The quantitative estimate of drug-likeness (QED) is 0.322. The number of carbonyl (C=O) groups is 2. The van der Waals surface area contributed by atoms with Crippen LogP contribution in [-0.4, -0.2) is 48.9 Å². The summed E-state index contributed by atoms with van der Waals surface area (Å²) in [4.78, 5) is 54.4. The lowest BCUT2D eigenvalue weighted by molar-refractivity contribution is 0.0958. The molecule has 0 aromatic carbocycles. The van der Waals surface area contributed by atoms with Gasteiger partial charge in [-0.1, -0.05) is 12.8 Å².